The molecule has 26 heavy (non-hydrogen) atoms. The van der Waals surface area contributed by atoms with E-state index < -0.39 is 11.6 Å². The van der Waals surface area contributed by atoms with Crippen LogP contribution in [0.2, 0.25) is 0 Å². The molecule has 1 aliphatic heterocycles. The number of urea groups is 1. The molecule has 0 unspecified atom stereocenters. The van der Waals surface area contributed by atoms with Crippen molar-refractivity contribution in [2.24, 2.45) is 5.92 Å². The summed E-state index contributed by atoms with van der Waals surface area (Å²) < 4.78 is 0. The highest BCUT2D eigenvalue weighted by atomic mass is 32.1. The molecule has 1 fully saturated rings. The van der Waals surface area contributed by atoms with Crippen molar-refractivity contribution in [1.82, 2.24) is 21.1 Å². The minimum atomic E-state index is -1.10. The van der Waals surface area contributed by atoms with Gasteiger partial charge in [0.05, 0.1) is 0 Å². The minimum Gasteiger partial charge on any atom is -0.361 e. The van der Waals surface area contributed by atoms with Crippen LogP contribution in [0.5, 0.6) is 0 Å². The first-order valence-corrected chi connectivity index (χ1v) is 9.59. The Hall–Kier alpha value is -2.15. The highest BCUT2D eigenvalue weighted by Crippen LogP contribution is 2.27. The summed E-state index contributed by atoms with van der Waals surface area (Å²) in [6.45, 7) is 6.75. The van der Waals surface area contributed by atoms with Crippen LogP contribution in [-0.4, -0.2) is 28.6 Å². The lowest BCUT2D eigenvalue weighted by atomic mass is 9.92. The van der Waals surface area contributed by atoms with Gasteiger partial charge >= 0.3 is 6.03 Å². The number of thiocarbonyl (C=S) groups is 1. The molecule has 3 amide bonds. The number of amides is 3. The van der Waals surface area contributed by atoms with Crippen molar-refractivity contribution < 1.29 is 9.59 Å². The second kappa shape index (κ2) is 8.98. The molecule has 0 radical (unpaired) electrons. The van der Waals surface area contributed by atoms with Crippen molar-refractivity contribution >= 4 is 29.3 Å². The lowest BCUT2D eigenvalue weighted by Gasteiger charge is -2.23. The Bertz CT molecular complexity index is 652. The molecule has 0 aromatic heterocycles. The fourth-order valence-electron chi connectivity index (χ4n) is 3.03. The second-order valence-corrected chi connectivity index (χ2v) is 7.21. The third kappa shape index (κ3) is 4.52. The molecule has 0 saturated carbocycles. The number of carbonyl (C=O) groups excluding carboxylic acids is 2. The molecule has 1 aliphatic rings. The van der Waals surface area contributed by atoms with Crippen LogP contribution >= 0.6 is 12.2 Å². The summed E-state index contributed by atoms with van der Waals surface area (Å²) in [5.74, 6) is 0.142. The quantitative estimate of drug-likeness (QED) is 0.480. The maximum atomic E-state index is 12.8. The average Bonchev–Trinajstić information content (AvgIpc) is 2.87. The Kier molecular flexibility index (Phi) is 6.97. The van der Waals surface area contributed by atoms with E-state index in [1.165, 1.54) is 12.8 Å². The number of imide groups is 1. The minimum absolute atomic E-state index is 0.278. The van der Waals surface area contributed by atoms with Gasteiger partial charge in [-0.25, -0.2) is 4.79 Å². The number of benzene rings is 1. The Balaban J connectivity index is 1.96. The van der Waals surface area contributed by atoms with E-state index in [1.807, 2.05) is 30.3 Å². The van der Waals surface area contributed by atoms with Crippen LogP contribution < -0.4 is 16.1 Å². The Morgan fingerprint density at radius 1 is 1.27 bits per heavy atom. The van der Waals surface area contributed by atoms with Crippen molar-refractivity contribution in [1.29, 1.82) is 0 Å². The van der Waals surface area contributed by atoms with Gasteiger partial charge in [0.2, 0.25) is 0 Å². The van der Waals surface area contributed by atoms with Gasteiger partial charge in [-0.05, 0) is 37.0 Å². The topological polar surface area (TPSA) is 73.5 Å². The van der Waals surface area contributed by atoms with E-state index in [9.17, 15) is 9.59 Å². The number of carbonyl (C=O) groups is 2. The number of nitrogens with one attached hydrogen (secondary N) is 3. The SMILES string of the molecule is CCCC[C@H](CC)CNC(=S)NN1C(=O)N[C@](C)(c2ccccc2)C1=O. The van der Waals surface area contributed by atoms with Crippen LogP contribution in [0.15, 0.2) is 30.3 Å². The summed E-state index contributed by atoms with van der Waals surface area (Å²) in [6.07, 6.45) is 4.55. The molecule has 6 nitrogen and oxygen atoms in total. The lowest BCUT2D eigenvalue weighted by Crippen LogP contribution is -2.51. The van der Waals surface area contributed by atoms with Gasteiger partial charge in [-0.3, -0.25) is 10.2 Å². The standard InChI is InChI=1S/C19H28N4O2S/c1-4-6-10-14(5-2)13-20-17(26)22-23-16(24)19(3,21-18(23)25)15-11-8-7-9-12-15/h7-9,11-12,14H,4-6,10,13H2,1-3H3,(H,21,25)(H2,20,22,26)/t14-,19+/m0/s1. The molecule has 142 valence electrons. The summed E-state index contributed by atoms with van der Waals surface area (Å²) in [7, 11) is 0. The second-order valence-electron chi connectivity index (χ2n) is 6.80. The average molecular weight is 377 g/mol. The highest BCUT2D eigenvalue weighted by Gasteiger charge is 2.49. The van der Waals surface area contributed by atoms with Gasteiger partial charge in [0.1, 0.15) is 5.54 Å². The molecular weight excluding hydrogens is 348 g/mol. The van der Waals surface area contributed by atoms with E-state index in [0.717, 1.165) is 30.0 Å². The molecular formula is C19H28N4O2S. The molecule has 7 heteroatoms. The number of unbranched alkanes of at least 4 members (excludes halogenated alkanes) is 1. The summed E-state index contributed by atoms with van der Waals surface area (Å²) in [5.41, 5.74) is 2.36. The van der Waals surface area contributed by atoms with Crippen molar-refractivity contribution in [3.8, 4) is 0 Å². The zero-order chi connectivity index (χ0) is 19.2. The van der Waals surface area contributed by atoms with Crippen LogP contribution in [-0.2, 0) is 10.3 Å². The summed E-state index contributed by atoms with van der Waals surface area (Å²) in [4.78, 5) is 25.1. The van der Waals surface area contributed by atoms with Crippen LogP contribution in [0.1, 0.15) is 52.0 Å². The van der Waals surface area contributed by atoms with Gasteiger partial charge in [0.25, 0.3) is 5.91 Å². The number of hydrogen-bond donors (Lipinski definition) is 3. The first-order chi connectivity index (χ1) is 12.4. The third-order valence-corrected chi connectivity index (χ3v) is 5.09. The Morgan fingerprint density at radius 3 is 2.58 bits per heavy atom. The van der Waals surface area contributed by atoms with Gasteiger partial charge in [-0.15, -0.1) is 0 Å². The molecule has 1 aromatic rings. The third-order valence-electron chi connectivity index (χ3n) is 4.85. The lowest BCUT2D eigenvalue weighted by molar-refractivity contribution is -0.132. The molecule has 2 rings (SSSR count). The Labute approximate surface area is 160 Å². The summed E-state index contributed by atoms with van der Waals surface area (Å²) >= 11 is 5.27. The van der Waals surface area contributed by atoms with Gasteiger partial charge in [0.15, 0.2) is 5.11 Å². The van der Waals surface area contributed by atoms with E-state index in [4.69, 9.17) is 12.2 Å². The summed E-state index contributed by atoms with van der Waals surface area (Å²) in [6, 6.07) is 8.66. The number of rotatable bonds is 8. The fraction of sp³-hybridized carbons (Fsp3) is 0.526. The van der Waals surface area contributed by atoms with Crippen molar-refractivity contribution in [3.63, 3.8) is 0 Å². The van der Waals surface area contributed by atoms with Crippen molar-refractivity contribution in [3.05, 3.63) is 35.9 Å². The van der Waals surface area contributed by atoms with Crippen LogP contribution in [0.3, 0.4) is 0 Å². The first kappa shape index (κ1) is 20.2. The molecule has 0 spiro atoms. The van der Waals surface area contributed by atoms with Gasteiger partial charge in [-0.2, -0.15) is 5.01 Å². The predicted octanol–water partition coefficient (Wildman–Crippen LogP) is 3.05. The molecule has 3 N–H and O–H groups in total. The largest absolute Gasteiger partial charge is 0.361 e. The number of hydrogen-bond acceptors (Lipinski definition) is 3. The van der Waals surface area contributed by atoms with Gasteiger partial charge in [0, 0.05) is 6.54 Å². The van der Waals surface area contributed by atoms with Gasteiger partial charge in [-0.1, -0.05) is 63.4 Å². The molecule has 1 heterocycles. The normalized spacial score (nSPS) is 20.7. The predicted molar refractivity (Wildman–Crippen MR) is 106 cm³/mol. The van der Waals surface area contributed by atoms with E-state index >= 15 is 0 Å². The number of nitrogens with zero attached hydrogens (tertiary/aromatic N) is 1. The van der Waals surface area contributed by atoms with Crippen LogP contribution in [0, 0.1) is 5.92 Å². The van der Waals surface area contributed by atoms with Crippen molar-refractivity contribution in [2.75, 3.05) is 6.54 Å². The van der Waals surface area contributed by atoms with E-state index in [1.54, 1.807) is 6.92 Å². The highest BCUT2D eigenvalue weighted by molar-refractivity contribution is 7.80. The molecule has 2 atom stereocenters. The van der Waals surface area contributed by atoms with E-state index in [2.05, 4.69) is 29.9 Å². The fourth-order valence-corrected chi connectivity index (χ4v) is 3.20. The van der Waals surface area contributed by atoms with Gasteiger partial charge < -0.3 is 10.6 Å². The zero-order valence-corrected chi connectivity index (χ0v) is 16.5. The molecule has 1 aromatic carbocycles. The van der Waals surface area contributed by atoms with Crippen LogP contribution in [0.4, 0.5) is 4.79 Å². The van der Waals surface area contributed by atoms with E-state index in [-0.39, 0.29) is 11.0 Å². The molecule has 0 aliphatic carbocycles. The maximum absolute atomic E-state index is 12.8. The summed E-state index contributed by atoms with van der Waals surface area (Å²) in [5, 5.41) is 7.10. The monoisotopic (exact) mass is 376 g/mol. The molecule has 0 bridgehead atoms. The Morgan fingerprint density at radius 2 is 1.96 bits per heavy atom. The maximum Gasteiger partial charge on any atom is 0.344 e. The first-order valence-electron chi connectivity index (χ1n) is 9.19. The molecule has 1 saturated heterocycles. The van der Waals surface area contributed by atoms with E-state index in [0.29, 0.717) is 5.92 Å². The smallest absolute Gasteiger partial charge is 0.344 e. The van der Waals surface area contributed by atoms with Crippen molar-refractivity contribution in [2.45, 2.75) is 52.0 Å². The van der Waals surface area contributed by atoms with Crippen LogP contribution in [0.25, 0.3) is 0 Å². The zero-order valence-electron chi connectivity index (χ0n) is 15.7. The number of hydrazine groups is 1.